The van der Waals surface area contributed by atoms with Crippen molar-refractivity contribution in [2.45, 2.75) is 44.8 Å². The molecule has 6 heteroatoms. The van der Waals surface area contributed by atoms with E-state index in [-0.39, 0.29) is 17.3 Å². The summed E-state index contributed by atoms with van der Waals surface area (Å²) in [6.07, 6.45) is 2.67. The molecular formula is C27H36ClFN2O2. The Morgan fingerprint density at radius 1 is 1.03 bits per heavy atom. The Morgan fingerprint density at radius 3 is 2.42 bits per heavy atom. The van der Waals surface area contributed by atoms with E-state index in [2.05, 4.69) is 23.6 Å². The summed E-state index contributed by atoms with van der Waals surface area (Å²) in [6.45, 7) is 10.7. The molecule has 0 saturated carbocycles. The van der Waals surface area contributed by atoms with Gasteiger partial charge in [0.2, 0.25) is 0 Å². The van der Waals surface area contributed by atoms with Crippen LogP contribution in [0.5, 0.6) is 0 Å². The van der Waals surface area contributed by atoms with E-state index in [0.29, 0.717) is 11.4 Å². The second-order valence-electron chi connectivity index (χ2n) is 10.3. The third-order valence-corrected chi connectivity index (χ3v) is 7.65. The molecule has 2 aliphatic heterocycles. The van der Waals surface area contributed by atoms with Crippen LogP contribution in [0.1, 0.15) is 37.8 Å². The van der Waals surface area contributed by atoms with Crippen molar-refractivity contribution >= 4 is 11.6 Å². The Kier molecular flexibility index (Phi) is 7.76. The number of rotatable bonds is 6. The van der Waals surface area contributed by atoms with Crippen molar-refractivity contribution in [2.75, 3.05) is 45.9 Å². The van der Waals surface area contributed by atoms with Crippen molar-refractivity contribution in [1.82, 2.24) is 9.80 Å². The van der Waals surface area contributed by atoms with Crippen molar-refractivity contribution in [1.29, 1.82) is 0 Å². The van der Waals surface area contributed by atoms with Gasteiger partial charge in [-0.1, -0.05) is 49.7 Å². The lowest BCUT2D eigenvalue weighted by Gasteiger charge is -2.51. The molecule has 0 aromatic heterocycles. The zero-order chi connectivity index (χ0) is 23.5. The molecule has 4 nitrogen and oxygen atoms in total. The quantitative estimate of drug-likeness (QED) is 0.656. The number of piperidine rings is 1. The summed E-state index contributed by atoms with van der Waals surface area (Å²) in [5.41, 5.74) is 0.934. The minimum Gasteiger partial charge on any atom is -0.385 e. The fourth-order valence-corrected chi connectivity index (χ4v) is 5.47. The molecule has 0 spiro atoms. The van der Waals surface area contributed by atoms with E-state index in [1.54, 1.807) is 0 Å². The van der Waals surface area contributed by atoms with E-state index in [1.807, 2.05) is 36.4 Å². The second kappa shape index (κ2) is 10.4. The fraction of sp³-hybridized carbons (Fsp3) is 0.556. The molecule has 4 rings (SSSR count). The molecule has 2 aromatic carbocycles. The third kappa shape index (κ3) is 5.95. The summed E-state index contributed by atoms with van der Waals surface area (Å²) in [6, 6.07) is 14.4. The van der Waals surface area contributed by atoms with Gasteiger partial charge in [0.25, 0.3) is 0 Å². The van der Waals surface area contributed by atoms with Gasteiger partial charge in [-0.3, -0.25) is 4.90 Å². The smallest absolute Gasteiger partial charge is 0.123 e. The molecule has 2 unspecified atom stereocenters. The Balaban J connectivity index is 1.32. The lowest BCUT2D eigenvalue weighted by molar-refractivity contribution is -0.126. The predicted octanol–water partition coefficient (Wildman–Crippen LogP) is 4.73. The van der Waals surface area contributed by atoms with E-state index >= 15 is 0 Å². The number of benzene rings is 2. The number of nitrogens with zero attached hydrogens (tertiary/aromatic N) is 2. The number of hydrogen-bond acceptors (Lipinski definition) is 4. The fourth-order valence-electron chi connectivity index (χ4n) is 5.34. The van der Waals surface area contributed by atoms with E-state index in [0.717, 1.165) is 69.8 Å². The average Bonchev–Trinajstić information content (AvgIpc) is 3.01. The molecule has 180 valence electrons. The van der Waals surface area contributed by atoms with Gasteiger partial charge in [0.1, 0.15) is 5.82 Å². The minimum absolute atomic E-state index is 0.130. The van der Waals surface area contributed by atoms with Crippen LogP contribution in [0.3, 0.4) is 0 Å². The highest BCUT2D eigenvalue weighted by Gasteiger charge is 2.48. The van der Waals surface area contributed by atoms with Crippen LogP contribution in [-0.2, 0) is 16.8 Å². The van der Waals surface area contributed by atoms with E-state index < -0.39 is 5.60 Å². The monoisotopic (exact) mass is 474 g/mol. The van der Waals surface area contributed by atoms with Crippen LogP contribution in [0.2, 0.25) is 5.02 Å². The summed E-state index contributed by atoms with van der Waals surface area (Å²) in [5.74, 6) is -0.199. The molecule has 0 radical (unpaired) electrons. The van der Waals surface area contributed by atoms with Crippen LogP contribution in [-0.4, -0.2) is 66.9 Å². The summed E-state index contributed by atoms with van der Waals surface area (Å²) in [5, 5.41) is 12.3. The molecule has 2 saturated heterocycles. The summed E-state index contributed by atoms with van der Waals surface area (Å²) < 4.78 is 19.3. The highest BCUT2D eigenvalue weighted by atomic mass is 35.5. The maximum absolute atomic E-state index is 13.2. The Morgan fingerprint density at radius 2 is 1.73 bits per heavy atom. The van der Waals surface area contributed by atoms with E-state index in [1.165, 1.54) is 12.1 Å². The Hall–Kier alpha value is -1.50. The van der Waals surface area contributed by atoms with Crippen molar-refractivity contribution in [3.8, 4) is 0 Å². The molecule has 0 bridgehead atoms. The van der Waals surface area contributed by atoms with Crippen LogP contribution < -0.4 is 0 Å². The van der Waals surface area contributed by atoms with Crippen LogP contribution in [0.4, 0.5) is 4.39 Å². The Labute approximate surface area is 202 Å². The molecule has 2 heterocycles. The van der Waals surface area contributed by atoms with Gasteiger partial charge in [0.05, 0.1) is 11.7 Å². The van der Waals surface area contributed by atoms with Crippen LogP contribution >= 0.6 is 11.6 Å². The van der Waals surface area contributed by atoms with Gasteiger partial charge in [0, 0.05) is 56.3 Å². The molecule has 0 amide bonds. The van der Waals surface area contributed by atoms with Crippen molar-refractivity contribution in [3.05, 3.63) is 70.5 Å². The van der Waals surface area contributed by atoms with Gasteiger partial charge < -0.3 is 14.7 Å². The maximum Gasteiger partial charge on any atom is 0.123 e. The van der Waals surface area contributed by atoms with Gasteiger partial charge in [-0.15, -0.1) is 0 Å². The van der Waals surface area contributed by atoms with Crippen LogP contribution in [0, 0.1) is 11.2 Å². The summed E-state index contributed by atoms with van der Waals surface area (Å²) in [4.78, 5) is 4.97. The molecule has 2 aliphatic rings. The van der Waals surface area contributed by atoms with Gasteiger partial charge in [-0.05, 0) is 54.7 Å². The highest BCUT2D eigenvalue weighted by molar-refractivity contribution is 6.30. The molecular weight excluding hydrogens is 439 g/mol. The lowest BCUT2D eigenvalue weighted by atomic mass is 9.66. The summed E-state index contributed by atoms with van der Waals surface area (Å²) in [7, 11) is 0. The van der Waals surface area contributed by atoms with Gasteiger partial charge in [-0.25, -0.2) is 4.39 Å². The normalized spacial score (nSPS) is 26.8. The first-order valence-electron chi connectivity index (χ1n) is 12.0. The van der Waals surface area contributed by atoms with E-state index in [9.17, 15) is 9.50 Å². The molecule has 1 N–H and O–H groups in total. The first kappa shape index (κ1) is 24.6. The number of hydrogen-bond donors (Lipinski definition) is 1. The summed E-state index contributed by atoms with van der Waals surface area (Å²) >= 11 is 6.06. The number of likely N-dealkylation sites (tertiary alicyclic amines) is 1. The Bertz CT molecular complexity index is 905. The lowest BCUT2D eigenvalue weighted by Crippen LogP contribution is -2.56. The predicted molar refractivity (Wildman–Crippen MR) is 131 cm³/mol. The van der Waals surface area contributed by atoms with Crippen molar-refractivity contribution < 1.29 is 14.2 Å². The number of aliphatic hydroxyl groups is 1. The molecule has 0 aliphatic carbocycles. The molecule has 2 aromatic rings. The van der Waals surface area contributed by atoms with Gasteiger partial charge >= 0.3 is 0 Å². The third-order valence-electron chi connectivity index (χ3n) is 7.39. The van der Waals surface area contributed by atoms with Crippen molar-refractivity contribution in [2.24, 2.45) is 5.41 Å². The number of ether oxygens (including phenoxy) is 1. The van der Waals surface area contributed by atoms with Crippen LogP contribution in [0.25, 0.3) is 0 Å². The highest BCUT2D eigenvalue weighted by Crippen LogP contribution is 2.46. The van der Waals surface area contributed by atoms with Crippen LogP contribution in [0.15, 0.2) is 48.5 Å². The topological polar surface area (TPSA) is 35.9 Å². The van der Waals surface area contributed by atoms with Crippen molar-refractivity contribution in [3.63, 3.8) is 0 Å². The first-order valence-corrected chi connectivity index (χ1v) is 12.4. The molecule has 2 fully saturated rings. The SMILES string of the molecule is CC1(C)CN(CCN2CCCOC(Cc3ccc(F)cc3)C2)CCC1(O)c1ccc(Cl)cc1. The largest absolute Gasteiger partial charge is 0.385 e. The van der Waals surface area contributed by atoms with Gasteiger partial charge in [0.15, 0.2) is 0 Å². The zero-order valence-corrected chi connectivity index (χ0v) is 20.5. The van der Waals surface area contributed by atoms with Gasteiger partial charge in [-0.2, -0.15) is 0 Å². The first-order chi connectivity index (χ1) is 15.7. The second-order valence-corrected chi connectivity index (χ2v) is 10.7. The standard InChI is InChI=1S/C27H36ClFN2O2/c1-26(2)20-31(14-12-27(26,32)22-6-8-23(28)9-7-22)16-15-30-13-3-17-33-25(19-30)18-21-4-10-24(29)11-5-21/h4-11,25,32H,3,12-20H2,1-2H3. The molecule has 33 heavy (non-hydrogen) atoms. The molecule has 2 atom stereocenters. The maximum atomic E-state index is 13.2. The minimum atomic E-state index is -0.856. The van der Waals surface area contributed by atoms with E-state index in [4.69, 9.17) is 16.3 Å². The zero-order valence-electron chi connectivity index (χ0n) is 19.8. The average molecular weight is 475 g/mol. The number of halogens is 2.